The Morgan fingerprint density at radius 1 is 1.67 bits per heavy atom. The molecule has 1 aliphatic rings. The van der Waals surface area contributed by atoms with E-state index in [1.165, 1.54) is 5.56 Å². The van der Waals surface area contributed by atoms with Gasteiger partial charge in [0.05, 0.1) is 6.04 Å². The standard InChI is InChI=1S/C9H10N2O/c12-6-9-8-2-3-10-5-7(8)1-4-11-9/h2-3,5-6,9,11H,1,4H2. The Labute approximate surface area is 70.8 Å². The van der Waals surface area contributed by atoms with Gasteiger partial charge in [-0.1, -0.05) is 0 Å². The van der Waals surface area contributed by atoms with Crippen molar-refractivity contribution in [2.45, 2.75) is 12.5 Å². The van der Waals surface area contributed by atoms with E-state index in [1.807, 2.05) is 12.3 Å². The smallest absolute Gasteiger partial charge is 0.141 e. The van der Waals surface area contributed by atoms with E-state index >= 15 is 0 Å². The van der Waals surface area contributed by atoms with Gasteiger partial charge in [-0.05, 0) is 23.6 Å². The zero-order valence-electron chi connectivity index (χ0n) is 6.66. The van der Waals surface area contributed by atoms with Gasteiger partial charge in [0.15, 0.2) is 0 Å². The van der Waals surface area contributed by atoms with Crippen molar-refractivity contribution < 1.29 is 4.79 Å². The third kappa shape index (κ3) is 1.12. The molecule has 0 amide bonds. The molecular formula is C9H10N2O. The number of hydrogen-bond donors (Lipinski definition) is 1. The molecule has 1 aromatic rings. The van der Waals surface area contributed by atoms with Crippen LogP contribution < -0.4 is 5.32 Å². The number of carbonyl (C=O) groups excluding carboxylic acids is 1. The normalized spacial score (nSPS) is 21.5. The second-order valence-corrected chi connectivity index (χ2v) is 2.89. The van der Waals surface area contributed by atoms with E-state index in [0.717, 1.165) is 24.8 Å². The molecule has 0 aromatic carbocycles. The number of fused-ring (bicyclic) bond motifs is 1. The van der Waals surface area contributed by atoms with Crippen LogP contribution in [0, 0.1) is 0 Å². The maximum absolute atomic E-state index is 10.6. The van der Waals surface area contributed by atoms with Crippen LogP contribution in [0.2, 0.25) is 0 Å². The minimum absolute atomic E-state index is 0.128. The summed E-state index contributed by atoms with van der Waals surface area (Å²) in [5.74, 6) is 0. The lowest BCUT2D eigenvalue weighted by Crippen LogP contribution is -2.30. The summed E-state index contributed by atoms with van der Waals surface area (Å²) in [6, 6.07) is 1.78. The Bertz CT molecular complexity index is 298. The molecule has 0 aliphatic carbocycles. The van der Waals surface area contributed by atoms with Crippen molar-refractivity contribution in [1.82, 2.24) is 10.3 Å². The van der Waals surface area contributed by atoms with Crippen molar-refractivity contribution in [2.75, 3.05) is 6.54 Å². The summed E-state index contributed by atoms with van der Waals surface area (Å²) in [5, 5.41) is 3.13. The van der Waals surface area contributed by atoms with E-state index < -0.39 is 0 Å². The first-order valence-electron chi connectivity index (χ1n) is 4.03. The molecule has 62 valence electrons. The average Bonchev–Trinajstić information content (AvgIpc) is 2.17. The lowest BCUT2D eigenvalue weighted by atomic mass is 9.97. The highest BCUT2D eigenvalue weighted by molar-refractivity contribution is 5.63. The zero-order chi connectivity index (χ0) is 8.39. The first kappa shape index (κ1) is 7.43. The summed E-state index contributed by atoms with van der Waals surface area (Å²) < 4.78 is 0. The number of hydrogen-bond acceptors (Lipinski definition) is 3. The number of nitrogens with zero attached hydrogens (tertiary/aromatic N) is 1. The summed E-state index contributed by atoms with van der Waals surface area (Å²) in [6.07, 6.45) is 5.47. The predicted molar refractivity (Wildman–Crippen MR) is 44.7 cm³/mol. The SMILES string of the molecule is O=CC1NCCc2cnccc21. The van der Waals surface area contributed by atoms with E-state index in [1.54, 1.807) is 6.20 Å². The largest absolute Gasteiger partial charge is 0.304 e. The maximum atomic E-state index is 10.6. The molecule has 1 aromatic heterocycles. The quantitative estimate of drug-likeness (QED) is 0.610. The lowest BCUT2D eigenvalue weighted by molar-refractivity contribution is -0.109. The fourth-order valence-corrected chi connectivity index (χ4v) is 1.54. The molecule has 2 rings (SSSR count). The van der Waals surface area contributed by atoms with E-state index in [4.69, 9.17) is 0 Å². The highest BCUT2D eigenvalue weighted by Crippen LogP contribution is 2.19. The molecule has 0 saturated carbocycles. The molecule has 0 saturated heterocycles. The molecule has 0 bridgehead atoms. The van der Waals surface area contributed by atoms with E-state index in [9.17, 15) is 4.79 Å². The molecule has 12 heavy (non-hydrogen) atoms. The molecule has 1 atom stereocenters. The fourth-order valence-electron chi connectivity index (χ4n) is 1.54. The van der Waals surface area contributed by atoms with Gasteiger partial charge in [0.25, 0.3) is 0 Å². The summed E-state index contributed by atoms with van der Waals surface area (Å²) in [6.45, 7) is 0.863. The topological polar surface area (TPSA) is 42.0 Å². The van der Waals surface area contributed by atoms with Crippen LogP contribution in [0.3, 0.4) is 0 Å². The van der Waals surface area contributed by atoms with Crippen LogP contribution in [0.5, 0.6) is 0 Å². The fraction of sp³-hybridized carbons (Fsp3) is 0.333. The molecule has 3 nitrogen and oxygen atoms in total. The van der Waals surface area contributed by atoms with Gasteiger partial charge in [-0.2, -0.15) is 0 Å². The van der Waals surface area contributed by atoms with Crippen LogP contribution in [0.25, 0.3) is 0 Å². The molecule has 2 heterocycles. The second-order valence-electron chi connectivity index (χ2n) is 2.89. The van der Waals surface area contributed by atoms with E-state index in [2.05, 4.69) is 10.3 Å². The van der Waals surface area contributed by atoms with Gasteiger partial charge in [-0.25, -0.2) is 0 Å². The number of nitrogens with one attached hydrogen (secondary N) is 1. The van der Waals surface area contributed by atoms with Crippen molar-refractivity contribution in [2.24, 2.45) is 0 Å². The average molecular weight is 162 g/mol. The molecular weight excluding hydrogens is 152 g/mol. The summed E-state index contributed by atoms with van der Waals surface area (Å²) in [4.78, 5) is 14.7. The van der Waals surface area contributed by atoms with Crippen LogP contribution in [0.4, 0.5) is 0 Å². The van der Waals surface area contributed by atoms with Gasteiger partial charge in [-0.15, -0.1) is 0 Å². The number of pyridine rings is 1. The van der Waals surface area contributed by atoms with Gasteiger partial charge in [0, 0.05) is 18.9 Å². The predicted octanol–water partition coefficient (Wildman–Crippen LogP) is 0.467. The second kappa shape index (κ2) is 3.03. The van der Waals surface area contributed by atoms with Crippen LogP contribution in [0.15, 0.2) is 18.5 Å². The van der Waals surface area contributed by atoms with E-state index in [-0.39, 0.29) is 6.04 Å². The van der Waals surface area contributed by atoms with Crippen molar-refractivity contribution in [3.63, 3.8) is 0 Å². The summed E-state index contributed by atoms with van der Waals surface area (Å²) >= 11 is 0. The Hall–Kier alpha value is -1.22. The van der Waals surface area contributed by atoms with Crippen LogP contribution >= 0.6 is 0 Å². The van der Waals surface area contributed by atoms with E-state index in [0.29, 0.717) is 0 Å². The van der Waals surface area contributed by atoms with Gasteiger partial charge in [-0.3, -0.25) is 4.98 Å². The Kier molecular flexibility index (Phi) is 1.87. The zero-order valence-corrected chi connectivity index (χ0v) is 6.66. The van der Waals surface area contributed by atoms with Crippen LogP contribution in [0.1, 0.15) is 17.2 Å². The highest BCUT2D eigenvalue weighted by atomic mass is 16.1. The van der Waals surface area contributed by atoms with Crippen molar-refractivity contribution in [3.05, 3.63) is 29.6 Å². The number of carbonyl (C=O) groups is 1. The highest BCUT2D eigenvalue weighted by Gasteiger charge is 2.17. The third-order valence-corrected chi connectivity index (χ3v) is 2.17. The monoisotopic (exact) mass is 162 g/mol. The van der Waals surface area contributed by atoms with Crippen molar-refractivity contribution >= 4 is 6.29 Å². The van der Waals surface area contributed by atoms with Gasteiger partial charge in [0.2, 0.25) is 0 Å². The molecule has 3 heteroatoms. The minimum Gasteiger partial charge on any atom is -0.304 e. The Morgan fingerprint density at radius 3 is 3.42 bits per heavy atom. The third-order valence-electron chi connectivity index (χ3n) is 2.17. The number of aldehydes is 1. The maximum Gasteiger partial charge on any atom is 0.141 e. The molecule has 0 fully saturated rings. The summed E-state index contributed by atoms with van der Waals surface area (Å²) in [5.41, 5.74) is 2.26. The molecule has 1 unspecified atom stereocenters. The van der Waals surface area contributed by atoms with Gasteiger partial charge >= 0.3 is 0 Å². The molecule has 1 aliphatic heterocycles. The first-order chi connectivity index (χ1) is 5.92. The van der Waals surface area contributed by atoms with Crippen LogP contribution in [-0.2, 0) is 11.2 Å². The van der Waals surface area contributed by atoms with Crippen molar-refractivity contribution in [3.8, 4) is 0 Å². The Morgan fingerprint density at radius 2 is 2.58 bits per heavy atom. The minimum atomic E-state index is -0.128. The molecule has 0 radical (unpaired) electrons. The Balaban J connectivity index is 2.43. The summed E-state index contributed by atoms with van der Waals surface area (Å²) in [7, 11) is 0. The first-order valence-corrected chi connectivity index (χ1v) is 4.03. The molecule has 0 spiro atoms. The van der Waals surface area contributed by atoms with Crippen molar-refractivity contribution in [1.29, 1.82) is 0 Å². The number of aromatic nitrogens is 1. The lowest BCUT2D eigenvalue weighted by Gasteiger charge is -2.21. The van der Waals surface area contributed by atoms with Crippen LogP contribution in [-0.4, -0.2) is 17.8 Å². The van der Waals surface area contributed by atoms with Gasteiger partial charge in [0.1, 0.15) is 6.29 Å². The van der Waals surface area contributed by atoms with Gasteiger partial charge < -0.3 is 10.1 Å². The molecule has 1 N–H and O–H groups in total. The number of rotatable bonds is 1.